The lowest BCUT2D eigenvalue weighted by molar-refractivity contribution is 0.188. The summed E-state index contributed by atoms with van der Waals surface area (Å²) in [5, 5.41) is 3.08. The molecular weight excluding hydrogens is 388 g/mol. The van der Waals surface area contributed by atoms with Crippen molar-refractivity contribution in [3.8, 4) is 11.5 Å². The second-order valence-electron chi connectivity index (χ2n) is 8.03. The Morgan fingerprint density at radius 1 is 0.935 bits per heavy atom. The number of fused-ring (bicyclic) bond motifs is 2. The van der Waals surface area contributed by atoms with Crippen molar-refractivity contribution in [3.63, 3.8) is 0 Å². The van der Waals surface area contributed by atoms with E-state index in [2.05, 4.69) is 47.8 Å². The van der Waals surface area contributed by atoms with Crippen molar-refractivity contribution in [3.05, 3.63) is 95.1 Å². The summed E-state index contributed by atoms with van der Waals surface area (Å²) in [6.45, 7) is 3.04. The van der Waals surface area contributed by atoms with Gasteiger partial charge in [0.25, 0.3) is 0 Å². The maximum Gasteiger partial charge on any atom is 0.317 e. The van der Waals surface area contributed by atoms with E-state index >= 15 is 0 Å². The fourth-order valence-corrected chi connectivity index (χ4v) is 4.34. The summed E-state index contributed by atoms with van der Waals surface area (Å²) in [6.07, 6.45) is 0.875. The molecule has 0 aromatic heterocycles. The SMILES string of the molecule is O=C(NCc1ccc2c(c1)OCCCO2)N1Cc2ccccc2C(c2ccccc2)C1. The Balaban J connectivity index is 1.30. The number of nitrogens with zero attached hydrogens (tertiary/aromatic N) is 1. The maximum absolute atomic E-state index is 13.1. The van der Waals surface area contributed by atoms with Gasteiger partial charge in [-0.1, -0.05) is 60.7 Å². The monoisotopic (exact) mass is 414 g/mol. The molecule has 1 atom stereocenters. The first-order chi connectivity index (χ1) is 15.3. The molecule has 5 rings (SSSR count). The van der Waals surface area contributed by atoms with E-state index in [4.69, 9.17) is 9.47 Å². The van der Waals surface area contributed by atoms with Crippen molar-refractivity contribution < 1.29 is 14.3 Å². The highest BCUT2D eigenvalue weighted by Gasteiger charge is 2.28. The molecule has 1 unspecified atom stereocenters. The number of ether oxygens (including phenoxy) is 2. The Morgan fingerprint density at radius 3 is 2.58 bits per heavy atom. The van der Waals surface area contributed by atoms with E-state index in [1.165, 1.54) is 16.7 Å². The zero-order valence-corrected chi connectivity index (χ0v) is 17.4. The van der Waals surface area contributed by atoms with E-state index in [0.29, 0.717) is 32.8 Å². The van der Waals surface area contributed by atoms with E-state index in [-0.39, 0.29) is 11.9 Å². The van der Waals surface area contributed by atoms with E-state index in [1.54, 1.807) is 0 Å². The topological polar surface area (TPSA) is 50.8 Å². The highest BCUT2D eigenvalue weighted by molar-refractivity contribution is 5.75. The van der Waals surface area contributed by atoms with Crippen LogP contribution in [0.15, 0.2) is 72.8 Å². The number of carbonyl (C=O) groups excluding carboxylic acids is 1. The van der Waals surface area contributed by atoms with Gasteiger partial charge in [-0.3, -0.25) is 0 Å². The molecule has 31 heavy (non-hydrogen) atoms. The Hall–Kier alpha value is -3.47. The predicted molar refractivity (Wildman–Crippen MR) is 119 cm³/mol. The lowest BCUT2D eigenvalue weighted by atomic mass is 9.85. The average Bonchev–Trinajstić information content (AvgIpc) is 3.07. The molecule has 0 aliphatic carbocycles. The van der Waals surface area contributed by atoms with E-state index in [0.717, 1.165) is 23.5 Å². The molecule has 2 amide bonds. The largest absolute Gasteiger partial charge is 0.490 e. The first kappa shape index (κ1) is 19.5. The second kappa shape index (κ2) is 8.72. The first-order valence-electron chi connectivity index (χ1n) is 10.8. The lowest BCUT2D eigenvalue weighted by Gasteiger charge is -2.35. The fraction of sp³-hybridized carbons (Fsp3) is 0.269. The van der Waals surface area contributed by atoms with E-state index in [1.807, 2.05) is 35.2 Å². The van der Waals surface area contributed by atoms with Crippen molar-refractivity contribution >= 4 is 6.03 Å². The standard InChI is InChI=1S/C26H26N2O3/c29-26(27-16-19-11-12-24-25(15-19)31-14-6-13-30-24)28-17-21-9-4-5-10-22(21)23(18-28)20-7-2-1-3-8-20/h1-5,7-12,15,23H,6,13-14,16-18H2,(H,27,29). The van der Waals surface area contributed by atoms with Crippen LogP contribution in [0.5, 0.6) is 11.5 Å². The molecule has 0 saturated heterocycles. The van der Waals surface area contributed by atoms with Crippen LogP contribution in [0.4, 0.5) is 4.79 Å². The summed E-state index contributed by atoms with van der Waals surface area (Å²) >= 11 is 0. The number of nitrogens with one attached hydrogen (secondary N) is 1. The van der Waals surface area contributed by atoms with Gasteiger partial charge in [-0.15, -0.1) is 0 Å². The molecule has 158 valence electrons. The Labute approximate surface area is 182 Å². The summed E-state index contributed by atoms with van der Waals surface area (Å²) in [4.78, 5) is 15.0. The predicted octanol–water partition coefficient (Wildman–Crippen LogP) is 4.71. The summed E-state index contributed by atoms with van der Waals surface area (Å²) in [7, 11) is 0. The molecule has 5 heteroatoms. The molecule has 2 aliphatic rings. The molecule has 2 heterocycles. The summed E-state index contributed by atoms with van der Waals surface area (Å²) in [6, 6.07) is 24.6. The van der Waals surface area contributed by atoms with E-state index in [9.17, 15) is 4.79 Å². The Morgan fingerprint density at radius 2 is 1.71 bits per heavy atom. The number of carbonyl (C=O) groups is 1. The van der Waals surface area contributed by atoms with Gasteiger partial charge in [-0.25, -0.2) is 4.79 Å². The smallest absolute Gasteiger partial charge is 0.317 e. The minimum absolute atomic E-state index is 0.0532. The van der Waals surface area contributed by atoms with Crippen LogP contribution >= 0.6 is 0 Å². The molecule has 0 radical (unpaired) electrons. The lowest BCUT2D eigenvalue weighted by Crippen LogP contribution is -2.44. The van der Waals surface area contributed by atoms with Crippen LogP contribution in [-0.4, -0.2) is 30.7 Å². The third-order valence-electron chi connectivity index (χ3n) is 5.94. The van der Waals surface area contributed by atoms with Crippen molar-refractivity contribution in [1.29, 1.82) is 0 Å². The van der Waals surface area contributed by atoms with Crippen LogP contribution in [0.2, 0.25) is 0 Å². The molecule has 0 fully saturated rings. The van der Waals surface area contributed by atoms with Gasteiger partial charge in [0, 0.05) is 32.0 Å². The fourth-order valence-electron chi connectivity index (χ4n) is 4.34. The van der Waals surface area contributed by atoms with Gasteiger partial charge in [-0.05, 0) is 34.4 Å². The minimum Gasteiger partial charge on any atom is -0.490 e. The van der Waals surface area contributed by atoms with Gasteiger partial charge in [0.2, 0.25) is 0 Å². The molecule has 5 nitrogen and oxygen atoms in total. The van der Waals surface area contributed by atoms with Gasteiger partial charge in [0.15, 0.2) is 11.5 Å². The summed E-state index contributed by atoms with van der Waals surface area (Å²) in [5.41, 5.74) is 4.74. The normalized spacial score (nSPS) is 17.4. The molecule has 2 aliphatic heterocycles. The average molecular weight is 415 g/mol. The molecule has 1 N–H and O–H groups in total. The third kappa shape index (κ3) is 4.22. The van der Waals surface area contributed by atoms with Crippen molar-refractivity contribution in [2.45, 2.75) is 25.4 Å². The van der Waals surface area contributed by atoms with Crippen molar-refractivity contribution in [2.24, 2.45) is 0 Å². The van der Waals surface area contributed by atoms with Crippen LogP contribution in [0.1, 0.15) is 34.6 Å². The zero-order chi connectivity index (χ0) is 21.0. The highest BCUT2D eigenvalue weighted by Crippen LogP contribution is 2.34. The summed E-state index contributed by atoms with van der Waals surface area (Å²) in [5.74, 6) is 1.70. The number of hydrogen-bond donors (Lipinski definition) is 1. The molecule has 0 spiro atoms. The molecule has 0 bridgehead atoms. The number of rotatable bonds is 3. The van der Waals surface area contributed by atoms with Crippen LogP contribution in [-0.2, 0) is 13.1 Å². The summed E-state index contributed by atoms with van der Waals surface area (Å²) < 4.78 is 11.5. The number of amides is 2. The number of urea groups is 1. The van der Waals surface area contributed by atoms with Gasteiger partial charge in [0.1, 0.15) is 0 Å². The molecule has 3 aromatic carbocycles. The van der Waals surface area contributed by atoms with Crippen LogP contribution < -0.4 is 14.8 Å². The molecule has 3 aromatic rings. The second-order valence-corrected chi connectivity index (χ2v) is 8.03. The van der Waals surface area contributed by atoms with Crippen molar-refractivity contribution in [1.82, 2.24) is 10.2 Å². The Bertz CT molecular complexity index is 1070. The minimum atomic E-state index is -0.0532. The number of benzene rings is 3. The third-order valence-corrected chi connectivity index (χ3v) is 5.94. The van der Waals surface area contributed by atoms with Crippen LogP contribution in [0.25, 0.3) is 0 Å². The molecular formula is C26H26N2O3. The van der Waals surface area contributed by atoms with E-state index < -0.39 is 0 Å². The first-order valence-corrected chi connectivity index (χ1v) is 10.8. The quantitative estimate of drug-likeness (QED) is 0.676. The number of hydrogen-bond acceptors (Lipinski definition) is 3. The van der Waals surface area contributed by atoms with Gasteiger partial charge < -0.3 is 19.7 Å². The molecule has 0 saturated carbocycles. The maximum atomic E-state index is 13.1. The van der Waals surface area contributed by atoms with Crippen molar-refractivity contribution in [2.75, 3.05) is 19.8 Å². The van der Waals surface area contributed by atoms with Gasteiger partial charge in [-0.2, -0.15) is 0 Å². The Kier molecular flexibility index (Phi) is 5.48. The highest BCUT2D eigenvalue weighted by atomic mass is 16.5. The van der Waals surface area contributed by atoms with Crippen LogP contribution in [0.3, 0.4) is 0 Å². The zero-order valence-electron chi connectivity index (χ0n) is 17.4. The van der Waals surface area contributed by atoms with Gasteiger partial charge >= 0.3 is 6.03 Å². The van der Waals surface area contributed by atoms with Gasteiger partial charge in [0.05, 0.1) is 13.2 Å². The van der Waals surface area contributed by atoms with Crippen LogP contribution in [0, 0.1) is 0 Å².